The minimum atomic E-state index is -0.328. The number of nitrogens with zero attached hydrogens (tertiary/aromatic N) is 2. The minimum absolute atomic E-state index is 0.0990. The summed E-state index contributed by atoms with van der Waals surface area (Å²) in [4.78, 5) is 11.0. The smallest absolute Gasteiger partial charge is 0.325 e. The van der Waals surface area contributed by atoms with Gasteiger partial charge in [0.1, 0.15) is 12.4 Å². The Kier molecular flexibility index (Phi) is 4.46. The Labute approximate surface area is 106 Å². The Morgan fingerprint density at radius 3 is 2.83 bits per heavy atom. The van der Waals surface area contributed by atoms with Crippen LogP contribution >= 0.6 is 0 Å². The van der Waals surface area contributed by atoms with E-state index in [9.17, 15) is 4.79 Å². The molecule has 18 heavy (non-hydrogen) atoms. The number of rotatable bonds is 4. The molecule has 0 aliphatic carbocycles. The van der Waals surface area contributed by atoms with Gasteiger partial charge in [0.15, 0.2) is 0 Å². The Balaban J connectivity index is 1.90. The van der Waals surface area contributed by atoms with E-state index in [1.54, 1.807) is 0 Å². The summed E-state index contributed by atoms with van der Waals surface area (Å²) in [5.41, 5.74) is 0.988. The Bertz CT molecular complexity index is 388. The lowest BCUT2D eigenvalue weighted by Crippen LogP contribution is -2.17. The van der Waals surface area contributed by atoms with Crippen LogP contribution in [0.15, 0.2) is 12.1 Å². The van der Waals surface area contributed by atoms with Crippen molar-refractivity contribution < 1.29 is 14.3 Å². The highest BCUT2D eigenvalue weighted by Gasteiger charge is 2.17. The summed E-state index contributed by atoms with van der Waals surface area (Å²) in [6.45, 7) is 1.67. The van der Waals surface area contributed by atoms with Crippen molar-refractivity contribution in [3.8, 4) is 0 Å². The van der Waals surface area contributed by atoms with Crippen LogP contribution < -0.4 is 5.32 Å². The molecule has 1 aliphatic rings. The van der Waals surface area contributed by atoms with Gasteiger partial charge in [0.2, 0.25) is 0 Å². The molecule has 6 nitrogen and oxygen atoms in total. The maximum atomic E-state index is 11.0. The zero-order valence-electron chi connectivity index (χ0n) is 10.4. The van der Waals surface area contributed by atoms with Gasteiger partial charge in [-0.1, -0.05) is 0 Å². The van der Waals surface area contributed by atoms with Crippen molar-refractivity contribution in [1.29, 1.82) is 0 Å². The lowest BCUT2D eigenvalue weighted by Gasteiger charge is -2.20. The van der Waals surface area contributed by atoms with Crippen LogP contribution in [-0.4, -0.2) is 43.0 Å². The molecule has 0 atom stereocenters. The fourth-order valence-corrected chi connectivity index (χ4v) is 1.88. The predicted molar refractivity (Wildman–Crippen MR) is 65.3 cm³/mol. The molecule has 0 spiro atoms. The summed E-state index contributed by atoms with van der Waals surface area (Å²) >= 11 is 0. The van der Waals surface area contributed by atoms with Crippen LogP contribution in [-0.2, 0) is 14.3 Å². The van der Waals surface area contributed by atoms with Crippen LogP contribution in [0.1, 0.15) is 24.5 Å². The number of esters is 1. The van der Waals surface area contributed by atoms with Crippen molar-refractivity contribution in [2.45, 2.75) is 18.8 Å². The van der Waals surface area contributed by atoms with Crippen molar-refractivity contribution in [3.63, 3.8) is 0 Å². The van der Waals surface area contributed by atoms with E-state index in [4.69, 9.17) is 4.74 Å². The molecule has 1 aliphatic heterocycles. The largest absolute Gasteiger partial charge is 0.468 e. The fourth-order valence-electron chi connectivity index (χ4n) is 1.88. The summed E-state index contributed by atoms with van der Waals surface area (Å²) in [6, 6.07) is 3.78. The average molecular weight is 251 g/mol. The van der Waals surface area contributed by atoms with Crippen molar-refractivity contribution in [2.75, 3.05) is 32.2 Å². The number of hydrogen-bond acceptors (Lipinski definition) is 6. The number of carbonyl (C=O) groups excluding carboxylic acids is 1. The monoisotopic (exact) mass is 251 g/mol. The molecule has 6 heteroatoms. The lowest BCUT2D eigenvalue weighted by atomic mass is 9.96. The van der Waals surface area contributed by atoms with Crippen LogP contribution in [0.3, 0.4) is 0 Å². The summed E-state index contributed by atoms with van der Waals surface area (Å²) in [7, 11) is 1.35. The van der Waals surface area contributed by atoms with Gasteiger partial charge >= 0.3 is 5.97 Å². The van der Waals surface area contributed by atoms with E-state index in [1.807, 2.05) is 12.1 Å². The van der Waals surface area contributed by atoms with E-state index in [1.165, 1.54) is 7.11 Å². The molecule has 0 amide bonds. The number of aromatic nitrogens is 2. The number of ether oxygens (including phenoxy) is 2. The first-order valence-electron chi connectivity index (χ1n) is 6.01. The molecule has 1 aromatic heterocycles. The second kappa shape index (κ2) is 6.30. The molecule has 1 N–H and O–H groups in total. The minimum Gasteiger partial charge on any atom is -0.468 e. The molecule has 1 saturated heterocycles. The topological polar surface area (TPSA) is 73.3 Å². The summed E-state index contributed by atoms with van der Waals surface area (Å²) in [6.07, 6.45) is 1.98. The number of nitrogens with one attached hydrogen (secondary N) is 1. The third kappa shape index (κ3) is 3.40. The summed E-state index contributed by atoms with van der Waals surface area (Å²) in [5, 5.41) is 11.1. The molecule has 2 heterocycles. The highest BCUT2D eigenvalue weighted by atomic mass is 16.5. The van der Waals surface area contributed by atoms with Gasteiger partial charge < -0.3 is 14.8 Å². The van der Waals surface area contributed by atoms with Gasteiger partial charge in [-0.25, -0.2) is 0 Å². The fraction of sp³-hybridized carbons (Fsp3) is 0.583. The van der Waals surface area contributed by atoms with E-state index in [2.05, 4.69) is 20.3 Å². The van der Waals surface area contributed by atoms with Crippen LogP contribution in [0.4, 0.5) is 5.82 Å². The molecule has 0 saturated carbocycles. The van der Waals surface area contributed by atoms with Crippen molar-refractivity contribution in [2.24, 2.45) is 0 Å². The highest BCUT2D eigenvalue weighted by molar-refractivity contribution is 5.74. The normalized spacial score (nSPS) is 16.3. The zero-order chi connectivity index (χ0) is 12.8. The zero-order valence-corrected chi connectivity index (χ0v) is 10.4. The number of hydrogen-bond donors (Lipinski definition) is 1. The van der Waals surface area contributed by atoms with Crippen molar-refractivity contribution >= 4 is 11.8 Å². The average Bonchev–Trinajstić information content (AvgIpc) is 2.46. The first kappa shape index (κ1) is 12.8. The first-order valence-corrected chi connectivity index (χ1v) is 6.01. The van der Waals surface area contributed by atoms with Gasteiger partial charge in [-0.05, 0) is 25.0 Å². The Morgan fingerprint density at radius 1 is 1.44 bits per heavy atom. The van der Waals surface area contributed by atoms with Gasteiger partial charge in [-0.2, -0.15) is 5.10 Å². The van der Waals surface area contributed by atoms with E-state index < -0.39 is 0 Å². The van der Waals surface area contributed by atoms with Gasteiger partial charge in [0, 0.05) is 19.1 Å². The molecule has 1 aromatic rings. The van der Waals surface area contributed by atoms with Crippen LogP contribution in [0.2, 0.25) is 0 Å². The van der Waals surface area contributed by atoms with E-state index in [-0.39, 0.29) is 12.5 Å². The second-order valence-corrected chi connectivity index (χ2v) is 4.16. The van der Waals surface area contributed by atoms with Crippen LogP contribution in [0.25, 0.3) is 0 Å². The lowest BCUT2D eigenvalue weighted by molar-refractivity contribution is -0.138. The molecule has 0 bridgehead atoms. The second-order valence-electron chi connectivity index (χ2n) is 4.16. The first-order chi connectivity index (χ1) is 8.79. The predicted octanol–water partition coefficient (Wildman–Crippen LogP) is 0.955. The quantitative estimate of drug-likeness (QED) is 0.803. The van der Waals surface area contributed by atoms with Crippen molar-refractivity contribution in [3.05, 3.63) is 17.8 Å². The molecule has 0 unspecified atom stereocenters. The van der Waals surface area contributed by atoms with Gasteiger partial charge in [0.05, 0.1) is 12.8 Å². The molecule has 98 valence electrons. The number of carbonyl (C=O) groups is 1. The maximum Gasteiger partial charge on any atom is 0.325 e. The number of anilines is 1. The van der Waals surface area contributed by atoms with Crippen molar-refractivity contribution in [1.82, 2.24) is 10.2 Å². The SMILES string of the molecule is COC(=O)CNc1ccc(C2CCOCC2)nn1. The molecule has 2 rings (SSSR count). The van der Waals surface area contributed by atoms with E-state index >= 15 is 0 Å². The molecule has 0 radical (unpaired) electrons. The summed E-state index contributed by atoms with van der Waals surface area (Å²) < 4.78 is 9.84. The van der Waals surface area contributed by atoms with Crippen LogP contribution in [0, 0.1) is 0 Å². The molecule has 0 aromatic carbocycles. The van der Waals surface area contributed by atoms with E-state index in [0.717, 1.165) is 31.7 Å². The third-order valence-electron chi connectivity index (χ3n) is 2.97. The standard InChI is InChI=1S/C12H17N3O3/c1-17-12(16)8-13-11-3-2-10(14-15-11)9-4-6-18-7-5-9/h2-3,9H,4-8H2,1H3,(H,13,15). The van der Waals surface area contributed by atoms with Gasteiger partial charge in [-0.15, -0.1) is 5.10 Å². The number of methoxy groups -OCH3 is 1. The Hall–Kier alpha value is -1.69. The third-order valence-corrected chi connectivity index (χ3v) is 2.97. The molecular weight excluding hydrogens is 234 g/mol. The molecule has 1 fully saturated rings. The molecular formula is C12H17N3O3. The maximum absolute atomic E-state index is 11.0. The van der Waals surface area contributed by atoms with E-state index in [0.29, 0.717) is 11.7 Å². The van der Waals surface area contributed by atoms with Gasteiger partial charge in [-0.3, -0.25) is 4.79 Å². The van der Waals surface area contributed by atoms with Gasteiger partial charge in [0.25, 0.3) is 0 Å². The Morgan fingerprint density at radius 2 is 2.22 bits per heavy atom. The summed E-state index contributed by atoms with van der Waals surface area (Å²) in [5.74, 6) is 0.683. The highest BCUT2D eigenvalue weighted by Crippen LogP contribution is 2.24. The van der Waals surface area contributed by atoms with Crippen LogP contribution in [0.5, 0.6) is 0 Å².